The first-order chi connectivity index (χ1) is 14.4. The molecule has 2 heterocycles. The molecule has 0 aliphatic rings. The van der Waals surface area contributed by atoms with Gasteiger partial charge in [-0.25, -0.2) is 8.91 Å². The second kappa shape index (κ2) is 9.62. The van der Waals surface area contributed by atoms with Gasteiger partial charge in [0, 0.05) is 18.4 Å². The number of carbonyl (C=O) groups excluding carboxylic acids is 1. The quantitative estimate of drug-likeness (QED) is 0.405. The molecule has 7 heteroatoms. The second-order valence-electron chi connectivity index (χ2n) is 8.63. The highest BCUT2D eigenvalue weighted by molar-refractivity contribution is 5.82. The monoisotopic (exact) mass is 436 g/mol. The van der Waals surface area contributed by atoms with Crippen LogP contribution in [0.4, 0.5) is 17.6 Å². The van der Waals surface area contributed by atoms with Crippen LogP contribution in [0, 0.1) is 12.3 Å². The summed E-state index contributed by atoms with van der Waals surface area (Å²) >= 11 is 0. The molecule has 0 unspecified atom stereocenters. The molecule has 168 valence electrons. The number of aryl methyl sites for hydroxylation is 1. The molecule has 0 radical (unpaired) electrons. The fourth-order valence-electron chi connectivity index (χ4n) is 3.23. The molecule has 1 aromatic carbocycles. The summed E-state index contributed by atoms with van der Waals surface area (Å²) in [4.78, 5) is 10.8. The van der Waals surface area contributed by atoms with E-state index in [2.05, 4.69) is 25.9 Å². The minimum absolute atomic E-state index is 0.174. The number of pyridine rings is 1. The highest BCUT2D eigenvalue weighted by atomic mass is 19.4. The average molecular weight is 436 g/mol. The summed E-state index contributed by atoms with van der Waals surface area (Å²) < 4.78 is 52.7. The van der Waals surface area contributed by atoms with E-state index < -0.39 is 18.5 Å². The van der Waals surface area contributed by atoms with E-state index in [9.17, 15) is 22.4 Å². The Balaban J connectivity index is 0.000000323. The standard InChI is InChI=1S/C16H12F4N2.C8H16O/c1-10-15(12-7-5-11(9-17)6-8-12)13-3-2-4-14(16(18,19)20)22(13)21-10;1-5-7(9)6-8(2,3)4/h2-8H,9H2,1H3;5-6H2,1-4H3. The maximum absolute atomic E-state index is 13.1. The molecule has 0 amide bonds. The third-order valence-corrected chi connectivity index (χ3v) is 4.64. The SMILES string of the molecule is CCC(=O)CC(C)(C)C.Cc1nn2c(C(F)(F)F)cccc2c1-c1ccc(CF)cc1. The van der Waals surface area contributed by atoms with E-state index in [4.69, 9.17) is 0 Å². The van der Waals surface area contributed by atoms with Crippen LogP contribution in [0.15, 0.2) is 42.5 Å². The van der Waals surface area contributed by atoms with E-state index >= 15 is 0 Å². The number of benzene rings is 1. The van der Waals surface area contributed by atoms with Gasteiger partial charge in [0.25, 0.3) is 0 Å². The molecule has 31 heavy (non-hydrogen) atoms. The van der Waals surface area contributed by atoms with Crippen LogP contribution in [0.2, 0.25) is 0 Å². The van der Waals surface area contributed by atoms with Gasteiger partial charge in [0.1, 0.15) is 18.2 Å². The van der Waals surface area contributed by atoms with Crippen molar-refractivity contribution >= 4 is 11.3 Å². The highest BCUT2D eigenvalue weighted by Crippen LogP contribution is 2.34. The first kappa shape index (κ1) is 24.6. The topological polar surface area (TPSA) is 34.4 Å². The molecular formula is C24H28F4N2O. The largest absolute Gasteiger partial charge is 0.433 e. The molecule has 3 nitrogen and oxygen atoms in total. The van der Waals surface area contributed by atoms with Gasteiger partial charge in [-0.15, -0.1) is 0 Å². The number of halogens is 4. The summed E-state index contributed by atoms with van der Waals surface area (Å²) in [5.41, 5.74) is 2.08. The van der Waals surface area contributed by atoms with E-state index in [0.717, 1.165) is 10.6 Å². The lowest BCUT2D eigenvalue weighted by atomic mass is 9.89. The number of hydrogen-bond acceptors (Lipinski definition) is 2. The maximum Gasteiger partial charge on any atom is 0.433 e. The first-order valence-electron chi connectivity index (χ1n) is 10.1. The predicted molar refractivity (Wildman–Crippen MR) is 115 cm³/mol. The summed E-state index contributed by atoms with van der Waals surface area (Å²) in [6, 6.07) is 10.6. The van der Waals surface area contributed by atoms with Gasteiger partial charge < -0.3 is 0 Å². The number of nitrogens with zero attached hydrogens (tertiary/aromatic N) is 2. The zero-order chi connectivity index (χ0) is 23.4. The molecule has 0 aliphatic heterocycles. The van der Waals surface area contributed by atoms with Gasteiger partial charge in [-0.1, -0.05) is 58.0 Å². The van der Waals surface area contributed by atoms with E-state index in [1.165, 1.54) is 6.07 Å². The molecule has 0 bridgehead atoms. The summed E-state index contributed by atoms with van der Waals surface area (Å²) in [5.74, 6) is 0.363. The normalized spacial score (nSPS) is 11.9. The van der Waals surface area contributed by atoms with Gasteiger partial charge in [-0.3, -0.25) is 4.79 Å². The number of carbonyl (C=O) groups is 1. The molecule has 0 saturated heterocycles. The zero-order valence-corrected chi connectivity index (χ0v) is 18.5. The van der Waals surface area contributed by atoms with Crippen LogP contribution in [0.3, 0.4) is 0 Å². The summed E-state index contributed by atoms with van der Waals surface area (Å²) in [6.45, 7) is 9.24. The highest BCUT2D eigenvalue weighted by Gasteiger charge is 2.34. The van der Waals surface area contributed by atoms with Crippen molar-refractivity contribution in [3.8, 4) is 11.1 Å². The van der Waals surface area contributed by atoms with Gasteiger partial charge in [0.2, 0.25) is 0 Å². The van der Waals surface area contributed by atoms with Crippen molar-refractivity contribution in [2.45, 2.75) is 60.3 Å². The van der Waals surface area contributed by atoms with Crippen LogP contribution in [-0.2, 0) is 17.6 Å². The minimum Gasteiger partial charge on any atom is -0.300 e. The molecule has 0 atom stereocenters. The molecule has 3 rings (SSSR count). The Morgan fingerprint density at radius 3 is 2.10 bits per heavy atom. The number of alkyl halides is 4. The maximum atomic E-state index is 13.1. The third kappa shape index (κ3) is 6.39. The minimum atomic E-state index is -4.48. The number of ketones is 1. The zero-order valence-electron chi connectivity index (χ0n) is 18.5. The van der Waals surface area contributed by atoms with Gasteiger partial charge in [0.05, 0.1) is 11.2 Å². The number of fused-ring (bicyclic) bond motifs is 1. The molecule has 0 N–H and O–H groups in total. The number of hydrogen-bond donors (Lipinski definition) is 0. The van der Waals surface area contributed by atoms with Gasteiger partial charge in [-0.05, 0) is 35.6 Å². The molecule has 2 aromatic heterocycles. The number of Topliss-reactive ketones (excluding diaryl/α,β-unsaturated/α-hetero) is 1. The smallest absolute Gasteiger partial charge is 0.300 e. The van der Waals surface area contributed by atoms with Gasteiger partial charge >= 0.3 is 6.18 Å². The fraction of sp³-hybridized carbons (Fsp3) is 0.417. The van der Waals surface area contributed by atoms with Crippen molar-refractivity contribution in [3.05, 3.63) is 59.4 Å². The molecule has 3 aromatic rings. The van der Waals surface area contributed by atoms with Crippen molar-refractivity contribution in [1.29, 1.82) is 0 Å². The van der Waals surface area contributed by atoms with E-state index in [1.54, 1.807) is 37.3 Å². The lowest BCUT2D eigenvalue weighted by Gasteiger charge is -2.15. The average Bonchev–Trinajstić information content (AvgIpc) is 3.02. The van der Waals surface area contributed by atoms with E-state index in [0.29, 0.717) is 46.5 Å². The van der Waals surface area contributed by atoms with Crippen LogP contribution < -0.4 is 0 Å². The Kier molecular flexibility index (Phi) is 7.63. The lowest BCUT2D eigenvalue weighted by Crippen LogP contribution is -2.11. The van der Waals surface area contributed by atoms with Crippen molar-refractivity contribution in [1.82, 2.24) is 9.61 Å². The van der Waals surface area contributed by atoms with Crippen molar-refractivity contribution in [2.75, 3.05) is 0 Å². The first-order valence-corrected chi connectivity index (χ1v) is 10.1. The second-order valence-corrected chi connectivity index (χ2v) is 8.63. The van der Waals surface area contributed by atoms with Gasteiger partial charge in [0.15, 0.2) is 0 Å². The van der Waals surface area contributed by atoms with Gasteiger partial charge in [-0.2, -0.15) is 18.3 Å². The van der Waals surface area contributed by atoms with Crippen LogP contribution in [0.1, 0.15) is 57.5 Å². The van der Waals surface area contributed by atoms with Crippen molar-refractivity contribution in [2.24, 2.45) is 5.41 Å². The van der Waals surface area contributed by atoms with Crippen LogP contribution in [0.5, 0.6) is 0 Å². The van der Waals surface area contributed by atoms with E-state index in [-0.39, 0.29) is 5.41 Å². The fourth-order valence-corrected chi connectivity index (χ4v) is 3.23. The molecule has 0 aliphatic carbocycles. The summed E-state index contributed by atoms with van der Waals surface area (Å²) in [5, 5.41) is 4.02. The molecule has 0 spiro atoms. The van der Waals surface area contributed by atoms with E-state index in [1.807, 2.05) is 6.92 Å². The van der Waals surface area contributed by atoms with Crippen molar-refractivity contribution < 1.29 is 22.4 Å². The third-order valence-electron chi connectivity index (χ3n) is 4.64. The van der Waals surface area contributed by atoms with Crippen LogP contribution >= 0.6 is 0 Å². The summed E-state index contributed by atoms with van der Waals surface area (Å²) in [7, 11) is 0. The molecule has 0 fully saturated rings. The molecular weight excluding hydrogens is 408 g/mol. The number of aromatic nitrogens is 2. The Bertz CT molecular complexity index is 1030. The Morgan fingerprint density at radius 2 is 1.65 bits per heavy atom. The Morgan fingerprint density at radius 1 is 1.03 bits per heavy atom. The molecule has 0 saturated carbocycles. The number of rotatable bonds is 4. The Hall–Kier alpha value is -2.70. The Labute approximate surface area is 180 Å². The lowest BCUT2D eigenvalue weighted by molar-refractivity contribution is -0.142. The van der Waals surface area contributed by atoms with Crippen LogP contribution in [-0.4, -0.2) is 15.4 Å². The van der Waals surface area contributed by atoms with Crippen LogP contribution in [0.25, 0.3) is 16.6 Å². The predicted octanol–water partition coefficient (Wildman–Crippen LogP) is 7.20. The summed E-state index contributed by atoms with van der Waals surface area (Å²) in [6.07, 6.45) is -3.09. The van der Waals surface area contributed by atoms with Crippen molar-refractivity contribution in [3.63, 3.8) is 0 Å².